The van der Waals surface area contributed by atoms with Gasteiger partial charge in [0.1, 0.15) is 5.82 Å². The highest BCUT2D eigenvalue weighted by Crippen LogP contribution is 2.45. The van der Waals surface area contributed by atoms with Crippen molar-refractivity contribution in [3.63, 3.8) is 0 Å². The van der Waals surface area contributed by atoms with Gasteiger partial charge in [-0.3, -0.25) is 4.57 Å². The molecule has 0 aliphatic carbocycles. The molecule has 250 valence electrons. The standard InChI is InChI=1S/C49H31N3.CH4/c1-3-14-36(15-4-1)51-44-30-28-35(32-23-25-34(26-24-32)49-50-43-21-11-12-22-45(43)52(49)37-16-5-2-6-17-37)31-42(44)47-40-20-10-9-19-39(40)41-29-27-33-13-7-8-18-38(33)46(41)48(47)51;/h1-31H;1H4. The molecule has 0 amide bonds. The van der Waals surface area contributed by atoms with Crippen LogP contribution in [0.3, 0.4) is 0 Å². The summed E-state index contributed by atoms with van der Waals surface area (Å²) in [4.78, 5) is 5.10. The average Bonchev–Trinajstić information content (AvgIpc) is 3.78. The van der Waals surface area contributed by atoms with Crippen molar-refractivity contribution in [2.24, 2.45) is 0 Å². The third-order valence-electron chi connectivity index (χ3n) is 10.7. The third kappa shape index (κ3) is 4.64. The Morgan fingerprint density at radius 2 is 0.925 bits per heavy atom. The van der Waals surface area contributed by atoms with Gasteiger partial charge >= 0.3 is 0 Å². The van der Waals surface area contributed by atoms with Crippen molar-refractivity contribution in [2.75, 3.05) is 0 Å². The molecule has 0 aliphatic heterocycles. The van der Waals surface area contributed by atoms with E-state index in [1.807, 2.05) is 0 Å². The van der Waals surface area contributed by atoms with Crippen LogP contribution in [-0.4, -0.2) is 14.1 Å². The summed E-state index contributed by atoms with van der Waals surface area (Å²) in [6.45, 7) is 0. The summed E-state index contributed by atoms with van der Waals surface area (Å²) in [6, 6.07) is 67.8. The number of para-hydroxylation sites is 4. The fourth-order valence-electron chi connectivity index (χ4n) is 8.38. The minimum absolute atomic E-state index is 0. The predicted octanol–water partition coefficient (Wildman–Crippen LogP) is 13.6. The Morgan fingerprint density at radius 1 is 0.358 bits per heavy atom. The maximum atomic E-state index is 5.10. The van der Waals surface area contributed by atoms with E-state index in [2.05, 4.69) is 197 Å². The number of benzene rings is 9. The molecule has 2 heterocycles. The molecule has 0 radical (unpaired) electrons. The lowest BCUT2D eigenvalue weighted by Gasteiger charge is -2.14. The number of fused-ring (bicyclic) bond motifs is 11. The average molecular weight is 678 g/mol. The number of imidazole rings is 1. The van der Waals surface area contributed by atoms with Crippen molar-refractivity contribution in [2.45, 2.75) is 7.43 Å². The van der Waals surface area contributed by atoms with Gasteiger partial charge in [-0.1, -0.05) is 147 Å². The van der Waals surface area contributed by atoms with Crippen molar-refractivity contribution in [1.82, 2.24) is 14.1 Å². The molecule has 0 spiro atoms. The largest absolute Gasteiger partial charge is 0.309 e. The molecule has 3 nitrogen and oxygen atoms in total. The van der Waals surface area contributed by atoms with Crippen LogP contribution in [0.1, 0.15) is 7.43 Å². The number of aromatic nitrogens is 3. The summed E-state index contributed by atoms with van der Waals surface area (Å²) in [5.74, 6) is 0.936. The maximum absolute atomic E-state index is 5.10. The van der Waals surface area contributed by atoms with Crippen LogP contribution in [0.4, 0.5) is 0 Å². The first-order valence-corrected chi connectivity index (χ1v) is 17.8. The second-order valence-corrected chi connectivity index (χ2v) is 13.6. The van der Waals surface area contributed by atoms with E-state index in [9.17, 15) is 0 Å². The SMILES string of the molecule is C.c1ccc(-n2c(-c3ccc(-c4ccc5c(c4)c4c6ccccc6c6ccc7ccccc7c6c4n5-c4ccccc4)cc3)nc3ccccc32)cc1. The predicted molar refractivity (Wildman–Crippen MR) is 226 cm³/mol. The van der Waals surface area contributed by atoms with Gasteiger partial charge in [0.05, 0.1) is 22.1 Å². The molecular weight excluding hydrogens is 643 g/mol. The minimum Gasteiger partial charge on any atom is -0.309 e. The molecule has 0 bridgehead atoms. The molecule has 3 heteroatoms. The van der Waals surface area contributed by atoms with Gasteiger partial charge < -0.3 is 4.57 Å². The van der Waals surface area contributed by atoms with Gasteiger partial charge in [0.2, 0.25) is 0 Å². The fraction of sp³-hybridized carbons (Fsp3) is 0.0200. The molecule has 0 aliphatic rings. The lowest BCUT2D eigenvalue weighted by Crippen LogP contribution is -1.97. The smallest absolute Gasteiger partial charge is 0.145 e. The first kappa shape index (κ1) is 30.8. The van der Waals surface area contributed by atoms with E-state index in [0.29, 0.717) is 0 Å². The lowest BCUT2D eigenvalue weighted by molar-refractivity contribution is 1.10. The maximum Gasteiger partial charge on any atom is 0.145 e. The molecule has 0 atom stereocenters. The third-order valence-corrected chi connectivity index (χ3v) is 10.7. The van der Waals surface area contributed by atoms with Gasteiger partial charge in [0.25, 0.3) is 0 Å². The first-order valence-electron chi connectivity index (χ1n) is 17.8. The summed E-state index contributed by atoms with van der Waals surface area (Å²) >= 11 is 0. The molecule has 53 heavy (non-hydrogen) atoms. The van der Waals surface area contributed by atoms with Crippen molar-refractivity contribution in [3.05, 3.63) is 188 Å². The zero-order valence-corrected chi connectivity index (χ0v) is 28.2. The Bertz CT molecular complexity index is 3150. The van der Waals surface area contributed by atoms with Gasteiger partial charge in [0.15, 0.2) is 0 Å². The van der Waals surface area contributed by atoms with Crippen LogP contribution in [0, 0.1) is 0 Å². The van der Waals surface area contributed by atoms with Crippen LogP contribution >= 0.6 is 0 Å². The molecule has 11 rings (SSSR count). The molecule has 0 saturated carbocycles. The van der Waals surface area contributed by atoms with Gasteiger partial charge in [-0.2, -0.15) is 0 Å². The number of nitrogens with zero attached hydrogens (tertiary/aromatic N) is 3. The number of hydrogen-bond acceptors (Lipinski definition) is 1. The molecule has 11 aromatic rings. The van der Waals surface area contributed by atoms with E-state index in [0.717, 1.165) is 33.8 Å². The van der Waals surface area contributed by atoms with E-state index >= 15 is 0 Å². The van der Waals surface area contributed by atoms with Crippen LogP contribution in [0.15, 0.2) is 188 Å². The molecule has 0 unspecified atom stereocenters. The van der Waals surface area contributed by atoms with E-state index in [4.69, 9.17) is 4.98 Å². The van der Waals surface area contributed by atoms with Gasteiger partial charge in [-0.05, 0) is 86.6 Å². The van der Waals surface area contributed by atoms with Gasteiger partial charge in [-0.15, -0.1) is 0 Å². The number of hydrogen-bond donors (Lipinski definition) is 0. The van der Waals surface area contributed by atoms with E-state index < -0.39 is 0 Å². The van der Waals surface area contributed by atoms with Gasteiger partial charge in [0, 0.05) is 33.1 Å². The van der Waals surface area contributed by atoms with Gasteiger partial charge in [-0.25, -0.2) is 4.98 Å². The summed E-state index contributed by atoms with van der Waals surface area (Å²) < 4.78 is 4.74. The number of rotatable bonds is 4. The molecule has 2 aromatic heterocycles. The minimum atomic E-state index is 0. The highest BCUT2D eigenvalue weighted by molar-refractivity contribution is 6.36. The van der Waals surface area contributed by atoms with Crippen LogP contribution in [0.2, 0.25) is 0 Å². The summed E-state index contributed by atoms with van der Waals surface area (Å²) in [6.07, 6.45) is 0. The van der Waals surface area contributed by atoms with Crippen molar-refractivity contribution in [3.8, 4) is 33.9 Å². The quantitative estimate of drug-likeness (QED) is 0.170. The Labute approximate surface area is 307 Å². The van der Waals surface area contributed by atoms with Crippen LogP contribution in [0.5, 0.6) is 0 Å². The zero-order valence-electron chi connectivity index (χ0n) is 28.2. The van der Waals surface area contributed by atoms with Crippen LogP contribution < -0.4 is 0 Å². The normalized spacial score (nSPS) is 11.6. The van der Waals surface area contributed by atoms with Crippen molar-refractivity contribution < 1.29 is 0 Å². The highest BCUT2D eigenvalue weighted by Gasteiger charge is 2.21. The summed E-state index contributed by atoms with van der Waals surface area (Å²) in [5.41, 5.74) is 10.2. The van der Waals surface area contributed by atoms with E-state index in [1.54, 1.807) is 0 Å². The highest BCUT2D eigenvalue weighted by atomic mass is 15.1. The monoisotopic (exact) mass is 677 g/mol. The van der Waals surface area contributed by atoms with E-state index in [-0.39, 0.29) is 7.43 Å². The summed E-state index contributed by atoms with van der Waals surface area (Å²) in [7, 11) is 0. The molecular formula is C50H35N3. The molecule has 0 fully saturated rings. The fourth-order valence-corrected chi connectivity index (χ4v) is 8.38. The topological polar surface area (TPSA) is 22.8 Å². The van der Waals surface area contributed by atoms with Crippen LogP contribution in [-0.2, 0) is 0 Å². The Balaban J connectivity index is 0.00000349. The first-order chi connectivity index (χ1) is 25.8. The summed E-state index contributed by atoms with van der Waals surface area (Å²) in [5, 5.41) is 10.2. The van der Waals surface area contributed by atoms with Crippen molar-refractivity contribution in [1.29, 1.82) is 0 Å². The zero-order chi connectivity index (χ0) is 34.2. The Kier molecular flexibility index (Phi) is 7.02. The lowest BCUT2D eigenvalue weighted by atomic mass is 9.93. The molecule has 9 aromatic carbocycles. The Morgan fingerprint density at radius 3 is 1.70 bits per heavy atom. The molecule has 0 saturated heterocycles. The second kappa shape index (κ2) is 12.1. The molecule has 0 N–H and O–H groups in total. The van der Waals surface area contributed by atoms with E-state index in [1.165, 1.54) is 65.3 Å². The Hall–Kier alpha value is -6.97. The van der Waals surface area contributed by atoms with Crippen LogP contribution in [0.25, 0.3) is 99.0 Å². The second-order valence-electron chi connectivity index (χ2n) is 13.6. The van der Waals surface area contributed by atoms with Crippen molar-refractivity contribution >= 4 is 65.2 Å².